The first kappa shape index (κ1) is 18.6. The number of fused-ring (bicyclic) bond motifs is 1. The summed E-state index contributed by atoms with van der Waals surface area (Å²) in [5.74, 6) is 0.703. The van der Waals surface area contributed by atoms with Gasteiger partial charge in [0, 0.05) is 42.6 Å². The predicted molar refractivity (Wildman–Crippen MR) is 112 cm³/mol. The molecular weight excluding hydrogens is 396 g/mol. The van der Waals surface area contributed by atoms with Crippen LogP contribution in [0, 0.1) is 6.92 Å². The molecule has 10 heteroatoms. The Kier molecular flexibility index (Phi) is 5.40. The third-order valence-corrected chi connectivity index (χ3v) is 6.14. The Morgan fingerprint density at radius 2 is 1.96 bits per heavy atom. The highest BCUT2D eigenvalue weighted by Gasteiger charge is 2.24. The van der Waals surface area contributed by atoms with Crippen LogP contribution in [0.4, 0.5) is 15.7 Å². The van der Waals surface area contributed by atoms with Gasteiger partial charge in [0.15, 0.2) is 5.13 Å². The number of anilines is 2. The summed E-state index contributed by atoms with van der Waals surface area (Å²) in [6.07, 6.45) is 1.70. The number of thiazole rings is 1. The summed E-state index contributed by atoms with van der Waals surface area (Å²) in [6, 6.07) is 7.95. The van der Waals surface area contributed by atoms with Gasteiger partial charge in [-0.2, -0.15) is 4.37 Å². The van der Waals surface area contributed by atoms with Crippen LogP contribution in [0.3, 0.4) is 0 Å². The van der Waals surface area contributed by atoms with Crippen LogP contribution >= 0.6 is 22.9 Å². The summed E-state index contributed by atoms with van der Waals surface area (Å²) in [7, 11) is 0. The fourth-order valence-corrected chi connectivity index (χ4v) is 4.54. The quantitative estimate of drug-likeness (QED) is 0.682. The van der Waals surface area contributed by atoms with Gasteiger partial charge in [0.2, 0.25) is 5.91 Å². The maximum absolute atomic E-state index is 12.4. The van der Waals surface area contributed by atoms with Gasteiger partial charge in [0.05, 0.1) is 11.2 Å². The van der Waals surface area contributed by atoms with E-state index in [1.165, 1.54) is 27.6 Å². The maximum Gasteiger partial charge on any atom is 0.317 e. The van der Waals surface area contributed by atoms with Crippen molar-refractivity contribution in [3.05, 3.63) is 35.3 Å². The molecular formula is C18H20N6O2S2. The lowest BCUT2D eigenvalue weighted by atomic mass is 10.2. The Morgan fingerprint density at radius 3 is 2.71 bits per heavy atom. The molecule has 0 saturated carbocycles. The smallest absolute Gasteiger partial charge is 0.317 e. The standard InChI is InChI=1S/C18H20N6O2S2/c1-12-10-19-17(27-12)21-15(25)11-20-18(26)24-8-6-23(7-9-24)16-13-4-2-3-5-14(13)28-22-16/h2-5,10H,6-9,11H2,1H3,(H,20,26)(H,19,21,25). The van der Waals surface area contributed by atoms with Crippen molar-refractivity contribution in [3.63, 3.8) is 0 Å². The normalized spacial score (nSPS) is 14.3. The second kappa shape index (κ2) is 8.11. The molecule has 0 unspecified atom stereocenters. The van der Waals surface area contributed by atoms with Crippen molar-refractivity contribution in [2.45, 2.75) is 6.92 Å². The lowest BCUT2D eigenvalue weighted by molar-refractivity contribution is -0.115. The average Bonchev–Trinajstić information content (AvgIpc) is 3.32. The number of aromatic nitrogens is 2. The molecule has 3 heterocycles. The lowest BCUT2D eigenvalue weighted by Crippen LogP contribution is -2.52. The number of carbonyl (C=O) groups excluding carboxylic acids is 2. The van der Waals surface area contributed by atoms with Gasteiger partial charge in [-0.25, -0.2) is 9.78 Å². The third kappa shape index (κ3) is 4.07. The van der Waals surface area contributed by atoms with Crippen LogP contribution in [0.1, 0.15) is 4.88 Å². The highest BCUT2D eigenvalue weighted by atomic mass is 32.1. The summed E-state index contributed by atoms with van der Waals surface area (Å²) in [5.41, 5.74) is 0. The van der Waals surface area contributed by atoms with Crippen LogP contribution in [0.2, 0.25) is 0 Å². The van der Waals surface area contributed by atoms with Crippen LogP contribution in [-0.4, -0.2) is 58.9 Å². The van der Waals surface area contributed by atoms with E-state index in [2.05, 4.69) is 37.0 Å². The molecule has 0 atom stereocenters. The molecule has 1 fully saturated rings. The van der Waals surface area contributed by atoms with Gasteiger partial charge < -0.3 is 20.4 Å². The summed E-state index contributed by atoms with van der Waals surface area (Å²) in [4.78, 5) is 33.3. The molecule has 4 rings (SSSR count). The second-order valence-corrected chi connectivity index (χ2v) is 8.50. The van der Waals surface area contributed by atoms with Crippen LogP contribution < -0.4 is 15.5 Å². The van der Waals surface area contributed by atoms with E-state index >= 15 is 0 Å². The first-order chi connectivity index (χ1) is 13.6. The van der Waals surface area contributed by atoms with E-state index in [4.69, 9.17) is 0 Å². The maximum atomic E-state index is 12.4. The SMILES string of the molecule is Cc1cnc(NC(=O)CNC(=O)N2CCN(c3nsc4ccccc34)CC2)s1. The van der Waals surface area contributed by atoms with Crippen molar-refractivity contribution in [2.24, 2.45) is 0 Å². The van der Waals surface area contributed by atoms with Gasteiger partial charge >= 0.3 is 6.03 Å². The lowest BCUT2D eigenvalue weighted by Gasteiger charge is -2.35. The number of aryl methyl sites for hydroxylation is 1. The number of urea groups is 1. The summed E-state index contributed by atoms with van der Waals surface area (Å²) < 4.78 is 5.75. The fourth-order valence-electron chi connectivity index (χ4n) is 3.07. The number of nitrogens with zero attached hydrogens (tertiary/aromatic N) is 4. The van der Waals surface area contributed by atoms with Gasteiger partial charge in [-0.05, 0) is 30.6 Å². The number of carbonyl (C=O) groups is 2. The van der Waals surface area contributed by atoms with E-state index in [9.17, 15) is 9.59 Å². The zero-order chi connectivity index (χ0) is 19.5. The molecule has 1 aliphatic rings. The van der Waals surface area contributed by atoms with Gasteiger partial charge in [-0.1, -0.05) is 12.1 Å². The first-order valence-corrected chi connectivity index (χ1v) is 10.5. The van der Waals surface area contributed by atoms with Crippen LogP contribution in [0.5, 0.6) is 0 Å². The molecule has 1 aromatic carbocycles. The Morgan fingerprint density at radius 1 is 1.18 bits per heavy atom. The minimum atomic E-state index is -0.282. The van der Waals surface area contributed by atoms with E-state index in [1.807, 2.05) is 19.1 Å². The molecule has 0 aliphatic carbocycles. The number of hydrogen-bond acceptors (Lipinski definition) is 7. The van der Waals surface area contributed by atoms with E-state index in [-0.39, 0.29) is 18.5 Å². The van der Waals surface area contributed by atoms with Crippen LogP contribution in [-0.2, 0) is 4.79 Å². The summed E-state index contributed by atoms with van der Waals surface area (Å²) in [6.45, 7) is 4.45. The summed E-state index contributed by atoms with van der Waals surface area (Å²) >= 11 is 2.90. The number of rotatable bonds is 4. The molecule has 3 aromatic rings. The average molecular weight is 417 g/mol. The van der Waals surface area contributed by atoms with Gasteiger partial charge in [-0.3, -0.25) is 4.79 Å². The van der Waals surface area contributed by atoms with Crippen molar-refractivity contribution >= 4 is 55.8 Å². The number of nitrogens with one attached hydrogen (secondary N) is 2. The molecule has 0 bridgehead atoms. The predicted octanol–water partition coefficient (Wildman–Crippen LogP) is 2.53. The largest absolute Gasteiger partial charge is 0.352 e. The van der Waals surface area contributed by atoms with Crippen molar-refractivity contribution in [1.29, 1.82) is 0 Å². The van der Waals surface area contributed by atoms with Gasteiger partial charge in [0.25, 0.3) is 0 Å². The Bertz CT molecular complexity index is 993. The van der Waals surface area contributed by atoms with Crippen LogP contribution in [0.15, 0.2) is 30.5 Å². The molecule has 2 aromatic heterocycles. The molecule has 0 radical (unpaired) electrons. The molecule has 1 aliphatic heterocycles. The number of hydrogen-bond donors (Lipinski definition) is 2. The Labute approximate surface area is 170 Å². The zero-order valence-corrected chi connectivity index (χ0v) is 17.0. The molecule has 0 spiro atoms. The topological polar surface area (TPSA) is 90.5 Å². The van der Waals surface area contributed by atoms with E-state index < -0.39 is 0 Å². The molecule has 1 saturated heterocycles. The van der Waals surface area contributed by atoms with E-state index in [0.717, 1.165) is 16.1 Å². The minimum Gasteiger partial charge on any atom is -0.352 e. The van der Waals surface area contributed by atoms with Crippen molar-refractivity contribution in [3.8, 4) is 0 Å². The zero-order valence-electron chi connectivity index (χ0n) is 15.3. The van der Waals surface area contributed by atoms with Crippen molar-refractivity contribution < 1.29 is 9.59 Å². The molecule has 8 nitrogen and oxygen atoms in total. The molecule has 2 N–H and O–H groups in total. The molecule has 28 heavy (non-hydrogen) atoms. The number of benzene rings is 1. The fraction of sp³-hybridized carbons (Fsp3) is 0.333. The molecule has 146 valence electrons. The van der Waals surface area contributed by atoms with Crippen molar-refractivity contribution in [2.75, 3.05) is 42.9 Å². The van der Waals surface area contributed by atoms with E-state index in [0.29, 0.717) is 31.3 Å². The van der Waals surface area contributed by atoms with Gasteiger partial charge in [-0.15, -0.1) is 11.3 Å². The monoisotopic (exact) mass is 416 g/mol. The summed E-state index contributed by atoms with van der Waals surface area (Å²) in [5, 5.41) is 7.06. The minimum absolute atomic E-state index is 0.0750. The van der Waals surface area contributed by atoms with Gasteiger partial charge in [0.1, 0.15) is 5.82 Å². The highest BCUT2D eigenvalue weighted by Crippen LogP contribution is 2.29. The van der Waals surface area contributed by atoms with E-state index in [1.54, 1.807) is 11.1 Å². The first-order valence-electron chi connectivity index (χ1n) is 8.94. The Hall–Kier alpha value is -2.72. The second-order valence-electron chi connectivity index (χ2n) is 6.46. The molecule has 3 amide bonds. The highest BCUT2D eigenvalue weighted by molar-refractivity contribution is 7.15. The Balaban J connectivity index is 1.26. The van der Waals surface area contributed by atoms with Crippen LogP contribution in [0.25, 0.3) is 10.1 Å². The third-order valence-electron chi connectivity index (χ3n) is 4.49. The number of piperazine rings is 1. The van der Waals surface area contributed by atoms with Crippen molar-refractivity contribution in [1.82, 2.24) is 19.6 Å². The number of amides is 3.